The summed E-state index contributed by atoms with van der Waals surface area (Å²) >= 11 is 7.26. The molecule has 1 aliphatic rings. The van der Waals surface area contributed by atoms with E-state index in [4.69, 9.17) is 11.6 Å². The number of hydrogen-bond donors (Lipinski definition) is 2. The average Bonchev–Trinajstić information content (AvgIpc) is 2.87. The van der Waals surface area contributed by atoms with Crippen LogP contribution in [0, 0.1) is 10.1 Å². The Morgan fingerprint density at radius 2 is 2.19 bits per heavy atom. The molecular weight excluding hydrogens is 320 g/mol. The fourth-order valence-electron chi connectivity index (χ4n) is 2.06. The Morgan fingerprint density at radius 1 is 1.48 bits per heavy atom. The summed E-state index contributed by atoms with van der Waals surface area (Å²) in [6.07, 6.45) is 0.261. The number of carboxylic acid groups (broad SMARTS) is 1. The molecule has 1 heterocycles. The first-order chi connectivity index (χ1) is 9.87. The largest absolute Gasteiger partial charge is 0.479 e. The normalized spacial score (nSPS) is 21.0. The van der Waals surface area contributed by atoms with Crippen molar-refractivity contribution in [2.75, 3.05) is 11.5 Å². The number of nitrogens with one attached hydrogen (secondary N) is 1. The lowest BCUT2D eigenvalue weighted by atomic mass is 9.98. The highest BCUT2D eigenvalue weighted by molar-refractivity contribution is 7.99. The lowest BCUT2D eigenvalue weighted by Gasteiger charge is -2.24. The summed E-state index contributed by atoms with van der Waals surface area (Å²) in [4.78, 5) is 33.9. The standard InChI is InChI=1S/C12H11ClN2O5S/c13-7-2-1-3-8(15(19)20)9(7)10(16)14-12(11(17)18)4-5-21-6-12/h1-3H,4-6H2,(H,14,16)(H,17,18). The second-order valence-corrected chi connectivity index (χ2v) is 6.05. The zero-order chi connectivity index (χ0) is 15.6. The SMILES string of the molecule is O=C(NC1(C(=O)O)CCSC1)c1c(Cl)cccc1[N+](=O)[O-]. The molecule has 7 nitrogen and oxygen atoms in total. The van der Waals surface area contributed by atoms with Crippen LogP contribution in [0.3, 0.4) is 0 Å². The smallest absolute Gasteiger partial charge is 0.330 e. The molecule has 0 aromatic heterocycles. The number of nitrogens with zero attached hydrogens (tertiary/aromatic N) is 1. The predicted molar refractivity (Wildman–Crippen MR) is 77.9 cm³/mol. The van der Waals surface area contributed by atoms with E-state index in [1.165, 1.54) is 23.9 Å². The summed E-state index contributed by atoms with van der Waals surface area (Å²) in [7, 11) is 0. The molecule has 21 heavy (non-hydrogen) atoms. The second-order valence-electron chi connectivity index (χ2n) is 4.54. The molecule has 1 aliphatic heterocycles. The molecule has 2 N–H and O–H groups in total. The first kappa shape index (κ1) is 15.6. The van der Waals surface area contributed by atoms with E-state index in [1.807, 2.05) is 0 Å². The number of amides is 1. The van der Waals surface area contributed by atoms with E-state index in [9.17, 15) is 24.8 Å². The number of nitro benzene ring substituents is 1. The van der Waals surface area contributed by atoms with Crippen molar-refractivity contribution in [3.8, 4) is 0 Å². The van der Waals surface area contributed by atoms with Gasteiger partial charge in [-0.3, -0.25) is 14.9 Å². The number of carbonyl (C=O) groups is 2. The summed E-state index contributed by atoms with van der Waals surface area (Å²) < 4.78 is 0. The van der Waals surface area contributed by atoms with Crippen LogP contribution in [0.4, 0.5) is 5.69 Å². The number of nitro groups is 1. The summed E-state index contributed by atoms with van der Waals surface area (Å²) in [5.41, 5.74) is -2.18. The van der Waals surface area contributed by atoms with E-state index >= 15 is 0 Å². The van der Waals surface area contributed by atoms with Gasteiger partial charge in [0.2, 0.25) is 0 Å². The van der Waals surface area contributed by atoms with Crippen molar-refractivity contribution in [1.82, 2.24) is 5.32 Å². The average molecular weight is 331 g/mol. The third-order valence-electron chi connectivity index (χ3n) is 3.20. The second kappa shape index (κ2) is 5.90. The summed E-state index contributed by atoms with van der Waals surface area (Å²) in [6.45, 7) is 0. The highest BCUT2D eigenvalue weighted by Crippen LogP contribution is 2.31. The van der Waals surface area contributed by atoms with E-state index in [-0.39, 0.29) is 22.8 Å². The number of benzene rings is 1. The highest BCUT2D eigenvalue weighted by atomic mass is 35.5. The topological polar surface area (TPSA) is 110 Å². The monoisotopic (exact) mass is 330 g/mol. The van der Waals surface area contributed by atoms with Gasteiger partial charge in [0.1, 0.15) is 11.1 Å². The first-order valence-corrected chi connectivity index (χ1v) is 7.47. The van der Waals surface area contributed by atoms with Gasteiger partial charge in [-0.15, -0.1) is 0 Å². The molecule has 1 aromatic rings. The van der Waals surface area contributed by atoms with Crippen LogP contribution < -0.4 is 5.32 Å². The van der Waals surface area contributed by atoms with Gasteiger partial charge in [-0.05, 0) is 18.2 Å². The Labute approximate surface area is 128 Å². The van der Waals surface area contributed by atoms with Gasteiger partial charge in [0.15, 0.2) is 0 Å². The molecule has 1 aromatic carbocycles. The van der Waals surface area contributed by atoms with Gasteiger partial charge in [-0.25, -0.2) is 4.79 Å². The molecule has 0 aliphatic carbocycles. The molecule has 1 atom stereocenters. The number of aliphatic carboxylic acids is 1. The molecule has 0 radical (unpaired) electrons. The van der Waals surface area contributed by atoms with Crippen molar-refractivity contribution in [1.29, 1.82) is 0 Å². The third-order valence-corrected chi connectivity index (χ3v) is 4.70. The number of halogens is 1. The Bertz CT molecular complexity index is 616. The molecular formula is C12H11ClN2O5S. The summed E-state index contributed by atoms with van der Waals surface area (Å²) in [5.74, 6) is -1.20. The van der Waals surface area contributed by atoms with Crippen LogP contribution in [-0.4, -0.2) is 39.0 Å². The molecule has 1 saturated heterocycles. The van der Waals surface area contributed by atoms with Crippen molar-refractivity contribution in [3.05, 3.63) is 38.9 Å². The quantitative estimate of drug-likeness (QED) is 0.645. The van der Waals surface area contributed by atoms with Crippen molar-refractivity contribution < 1.29 is 19.6 Å². The maximum atomic E-state index is 12.3. The van der Waals surface area contributed by atoms with Crippen molar-refractivity contribution >= 4 is 40.9 Å². The number of rotatable bonds is 4. The van der Waals surface area contributed by atoms with E-state index in [1.54, 1.807) is 0 Å². The van der Waals surface area contributed by atoms with E-state index in [0.717, 1.165) is 6.07 Å². The maximum Gasteiger partial charge on any atom is 0.330 e. The number of thioether (sulfide) groups is 1. The molecule has 9 heteroatoms. The number of carboxylic acids is 1. The van der Waals surface area contributed by atoms with Crippen LogP contribution in [0.2, 0.25) is 5.02 Å². The van der Waals surface area contributed by atoms with Gasteiger partial charge in [0.25, 0.3) is 11.6 Å². The number of carbonyl (C=O) groups excluding carboxylic acids is 1. The molecule has 2 rings (SSSR count). The van der Waals surface area contributed by atoms with Crippen LogP contribution in [0.5, 0.6) is 0 Å². The van der Waals surface area contributed by atoms with Crippen molar-refractivity contribution in [2.45, 2.75) is 12.0 Å². The van der Waals surface area contributed by atoms with Crippen LogP contribution in [0.15, 0.2) is 18.2 Å². The van der Waals surface area contributed by atoms with Gasteiger partial charge >= 0.3 is 5.97 Å². The van der Waals surface area contributed by atoms with E-state index < -0.39 is 28.0 Å². The van der Waals surface area contributed by atoms with Gasteiger partial charge in [0.05, 0.1) is 9.95 Å². The fourth-order valence-corrected chi connectivity index (χ4v) is 3.64. The van der Waals surface area contributed by atoms with E-state index in [0.29, 0.717) is 5.75 Å². The van der Waals surface area contributed by atoms with Crippen molar-refractivity contribution in [2.24, 2.45) is 0 Å². The van der Waals surface area contributed by atoms with Gasteiger partial charge in [-0.1, -0.05) is 17.7 Å². The molecule has 0 saturated carbocycles. The zero-order valence-electron chi connectivity index (χ0n) is 10.7. The maximum absolute atomic E-state index is 12.3. The summed E-state index contributed by atoms with van der Waals surface area (Å²) in [6, 6.07) is 3.85. The van der Waals surface area contributed by atoms with E-state index in [2.05, 4.69) is 5.32 Å². The lowest BCUT2D eigenvalue weighted by Crippen LogP contribution is -2.54. The lowest BCUT2D eigenvalue weighted by molar-refractivity contribution is -0.385. The third kappa shape index (κ3) is 2.96. The van der Waals surface area contributed by atoms with Crippen molar-refractivity contribution in [3.63, 3.8) is 0 Å². The molecule has 1 fully saturated rings. The Balaban J connectivity index is 2.37. The first-order valence-electron chi connectivity index (χ1n) is 5.94. The fraction of sp³-hybridized carbons (Fsp3) is 0.333. The van der Waals surface area contributed by atoms with Crippen LogP contribution in [0.25, 0.3) is 0 Å². The molecule has 112 valence electrons. The zero-order valence-corrected chi connectivity index (χ0v) is 12.2. The minimum absolute atomic E-state index is 0.0899. The molecule has 0 spiro atoms. The molecule has 0 bridgehead atoms. The van der Waals surface area contributed by atoms with Gasteiger partial charge in [0, 0.05) is 11.8 Å². The minimum Gasteiger partial charge on any atom is -0.479 e. The number of hydrogen-bond acceptors (Lipinski definition) is 5. The Hall–Kier alpha value is -1.80. The van der Waals surface area contributed by atoms with Gasteiger partial charge < -0.3 is 10.4 Å². The van der Waals surface area contributed by atoms with Crippen LogP contribution in [0.1, 0.15) is 16.8 Å². The predicted octanol–water partition coefficient (Wildman–Crippen LogP) is 1.94. The highest BCUT2D eigenvalue weighted by Gasteiger charge is 2.44. The molecule has 1 amide bonds. The Morgan fingerprint density at radius 3 is 2.71 bits per heavy atom. The molecule has 1 unspecified atom stereocenters. The van der Waals surface area contributed by atoms with Gasteiger partial charge in [-0.2, -0.15) is 11.8 Å². The summed E-state index contributed by atoms with van der Waals surface area (Å²) in [5, 5.41) is 22.6. The Kier molecular flexibility index (Phi) is 4.38. The minimum atomic E-state index is -1.41. The van der Waals surface area contributed by atoms with Crippen LogP contribution >= 0.6 is 23.4 Å². The van der Waals surface area contributed by atoms with Crippen LogP contribution in [-0.2, 0) is 4.79 Å².